The Kier molecular flexibility index (Phi) is 4.36. The van der Waals surface area contributed by atoms with Gasteiger partial charge in [0.15, 0.2) is 0 Å². The Morgan fingerprint density at radius 2 is 2.18 bits per heavy atom. The minimum atomic E-state index is -4.09. The largest absolute Gasteiger partial charge is 0.390 e. The highest BCUT2D eigenvalue weighted by atomic mass is 35.5. The molecule has 0 saturated heterocycles. The summed E-state index contributed by atoms with van der Waals surface area (Å²) in [4.78, 5) is 3.29. The molecule has 1 aromatic heterocycles. The molecule has 0 aliphatic carbocycles. The van der Waals surface area contributed by atoms with E-state index in [1.807, 2.05) is 0 Å². The number of alkyl halides is 2. The van der Waals surface area contributed by atoms with Crippen LogP contribution < -0.4 is 4.72 Å². The first-order valence-corrected chi connectivity index (χ1v) is 6.23. The minimum absolute atomic E-state index is 0.0678. The number of hydrogen-bond acceptors (Lipinski definition) is 4. The lowest BCUT2D eigenvalue weighted by molar-refractivity contribution is -0.0437. The molecule has 1 aromatic rings. The molecule has 0 amide bonds. The van der Waals surface area contributed by atoms with Gasteiger partial charge in [-0.05, 0) is 12.1 Å². The molecule has 1 heterocycles. The average Bonchev–Trinajstić information content (AvgIpc) is 2.27. The van der Waals surface area contributed by atoms with E-state index in [2.05, 4.69) is 4.98 Å². The van der Waals surface area contributed by atoms with E-state index < -0.39 is 29.1 Å². The second-order valence-electron chi connectivity index (χ2n) is 3.15. The molecule has 9 heteroatoms. The summed E-state index contributed by atoms with van der Waals surface area (Å²) >= 11 is 5.48. The van der Waals surface area contributed by atoms with Crippen molar-refractivity contribution in [3.05, 3.63) is 23.5 Å². The number of nitrogens with one attached hydrogen (secondary N) is 1. The van der Waals surface area contributed by atoms with Crippen molar-refractivity contribution in [3.63, 3.8) is 0 Å². The molecule has 5 nitrogen and oxygen atoms in total. The Hall–Kier alpha value is -0.830. The number of rotatable bonds is 5. The standard InChI is InChI=1S/C8H9ClF2N2O3S/c9-7-3-6(1-2-12-7)17(15,16)13-4-8(10,11)5-14/h1-3,13-14H,4-5H2. The molecule has 0 radical (unpaired) electrons. The first-order valence-electron chi connectivity index (χ1n) is 4.37. The monoisotopic (exact) mass is 286 g/mol. The smallest absolute Gasteiger partial charge is 0.283 e. The number of aliphatic hydroxyl groups is 1. The van der Waals surface area contributed by atoms with Crippen molar-refractivity contribution < 1.29 is 22.3 Å². The zero-order chi connectivity index (χ0) is 13.1. The first kappa shape index (κ1) is 14.2. The van der Waals surface area contributed by atoms with Crippen molar-refractivity contribution in [2.75, 3.05) is 13.2 Å². The van der Waals surface area contributed by atoms with Gasteiger partial charge in [-0.1, -0.05) is 11.6 Å². The summed E-state index contributed by atoms with van der Waals surface area (Å²) in [5, 5.41) is 8.22. The highest BCUT2D eigenvalue weighted by molar-refractivity contribution is 7.89. The maximum atomic E-state index is 12.7. The van der Waals surface area contributed by atoms with Crippen LogP contribution in [0.4, 0.5) is 8.78 Å². The number of sulfonamides is 1. The second kappa shape index (κ2) is 5.21. The van der Waals surface area contributed by atoms with E-state index in [-0.39, 0.29) is 10.0 Å². The summed E-state index contributed by atoms with van der Waals surface area (Å²) in [5.41, 5.74) is 0. The fraction of sp³-hybridized carbons (Fsp3) is 0.375. The Balaban J connectivity index is 2.83. The Bertz CT molecular complexity index is 495. The van der Waals surface area contributed by atoms with Crippen molar-refractivity contribution in [3.8, 4) is 0 Å². The molecule has 0 spiro atoms. The average molecular weight is 287 g/mol. The van der Waals surface area contributed by atoms with E-state index in [1.165, 1.54) is 0 Å². The van der Waals surface area contributed by atoms with Crippen LogP contribution in [-0.2, 0) is 10.0 Å². The number of aliphatic hydroxyl groups excluding tert-OH is 1. The van der Waals surface area contributed by atoms with Crippen LogP contribution in [-0.4, -0.2) is 37.6 Å². The highest BCUT2D eigenvalue weighted by Gasteiger charge is 2.30. The van der Waals surface area contributed by atoms with Gasteiger partial charge in [-0.3, -0.25) is 0 Å². The Morgan fingerprint density at radius 1 is 1.53 bits per heavy atom. The van der Waals surface area contributed by atoms with Gasteiger partial charge in [0.1, 0.15) is 11.8 Å². The summed E-state index contributed by atoms with van der Waals surface area (Å²) < 4.78 is 50.1. The predicted molar refractivity (Wildman–Crippen MR) is 56.5 cm³/mol. The maximum absolute atomic E-state index is 12.7. The molecular formula is C8H9ClF2N2O3S. The molecule has 0 aliphatic rings. The van der Waals surface area contributed by atoms with Crippen molar-refractivity contribution in [2.24, 2.45) is 0 Å². The second-order valence-corrected chi connectivity index (χ2v) is 5.31. The third-order valence-electron chi connectivity index (χ3n) is 1.76. The molecule has 0 bridgehead atoms. The molecular weight excluding hydrogens is 278 g/mol. The van der Waals surface area contributed by atoms with Gasteiger partial charge in [0.2, 0.25) is 10.0 Å². The van der Waals surface area contributed by atoms with Crippen LogP contribution in [0.25, 0.3) is 0 Å². The molecule has 17 heavy (non-hydrogen) atoms. The molecule has 0 saturated carbocycles. The zero-order valence-electron chi connectivity index (χ0n) is 8.40. The fourth-order valence-electron chi connectivity index (χ4n) is 0.892. The summed E-state index contributed by atoms with van der Waals surface area (Å²) in [6, 6.07) is 2.15. The normalized spacial score (nSPS) is 12.7. The first-order chi connectivity index (χ1) is 7.77. The molecule has 0 aromatic carbocycles. The molecule has 1 rings (SSSR count). The van der Waals surface area contributed by atoms with Crippen LogP contribution in [0.1, 0.15) is 0 Å². The van der Waals surface area contributed by atoms with Gasteiger partial charge >= 0.3 is 0 Å². The number of hydrogen-bond donors (Lipinski definition) is 2. The van der Waals surface area contributed by atoms with E-state index >= 15 is 0 Å². The number of nitrogens with zero attached hydrogens (tertiary/aromatic N) is 1. The van der Waals surface area contributed by atoms with Crippen molar-refractivity contribution >= 4 is 21.6 Å². The van der Waals surface area contributed by atoms with Crippen molar-refractivity contribution in [1.82, 2.24) is 9.71 Å². The van der Waals surface area contributed by atoms with Gasteiger partial charge in [0, 0.05) is 6.20 Å². The quantitative estimate of drug-likeness (QED) is 0.779. The zero-order valence-corrected chi connectivity index (χ0v) is 9.97. The molecule has 2 N–H and O–H groups in total. The van der Waals surface area contributed by atoms with Gasteiger partial charge in [-0.25, -0.2) is 26.9 Å². The molecule has 0 fully saturated rings. The van der Waals surface area contributed by atoms with E-state index in [0.29, 0.717) is 0 Å². The third kappa shape index (κ3) is 4.15. The lowest BCUT2D eigenvalue weighted by atomic mass is 10.4. The molecule has 0 atom stereocenters. The lowest BCUT2D eigenvalue weighted by Gasteiger charge is -2.14. The van der Waals surface area contributed by atoms with Gasteiger partial charge in [0.05, 0.1) is 11.4 Å². The van der Waals surface area contributed by atoms with Crippen LogP contribution in [0.5, 0.6) is 0 Å². The van der Waals surface area contributed by atoms with Crippen LogP contribution in [0, 0.1) is 0 Å². The molecule has 96 valence electrons. The van der Waals surface area contributed by atoms with Crippen LogP contribution in [0.2, 0.25) is 5.15 Å². The van der Waals surface area contributed by atoms with E-state index in [0.717, 1.165) is 18.3 Å². The van der Waals surface area contributed by atoms with E-state index in [1.54, 1.807) is 4.72 Å². The topological polar surface area (TPSA) is 79.3 Å². The lowest BCUT2D eigenvalue weighted by Crippen LogP contribution is -2.38. The minimum Gasteiger partial charge on any atom is -0.390 e. The van der Waals surface area contributed by atoms with Gasteiger partial charge in [0.25, 0.3) is 5.92 Å². The highest BCUT2D eigenvalue weighted by Crippen LogP contribution is 2.15. The predicted octanol–water partition coefficient (Wildman–Crippen LogP) is 0.641. The number of pyridine rings is 1. The number of halogens is 3. The summed E-state index contributed by atoms with van der Waals surface area (Å²) in [7, 11) is -4.09. The Morgan fingerprint density at radius 3 is 2.71 bits per heavy atom. The maximum Gasteiger partial charge on any atom is 0.283 e. The summed E-state index contributed by atoms with van der Waals surface area (Å²) in [6.45, 7) is -2.63. The van der Waals surface area contributed by atoms with Gasteiger partial charge in [-0.2, -0.15) is 0 Å². The van der Waals surface area contributed by atoms with Crippen LogP contribution >= 0.6 is 11.6 Å². The van der Waals surface area contributed by atoms with Crippen molar-refractivity contribution in [2.45, 2.75) is 10.8 Å². The third-order valence-corrected chi connectivity index (χ3v) is 3.37. The van der Waals surface area contributed by atoms with Gasteiger partial charge in [-0.15, -0.1) is 0 Å². The fourth-order valence-corrected chi connectivity index (χ4v) is 2.20. The molecule has 0 unspecified atom stereocenters. The van der Waals surface area contributed by atoms with E-state index in [9.17, 15) is 17.2 Å². The Labute approximate surface area is 101 Å². The van der Waals surface area contributed by atoms with Crippen LogP contribution in [0.3, 0.4) is 0 Å². The summed E-state index contributed by atoms with van der Waals surface area (Å²) in [6.07, 6.45) is 1.14. The van der Waals surface area contributed by atoms with Gasteiger partial charge < -0.3 is 5.11 Å². The molecule has 0 aliphatic heterocycles. The SMILES string of the molecule is O=S(=O)(NCC(F)(F)CO)c1ccnc(Cl)c1. The number of aromatic nitrogens is 1. The van der Waals surface area contributed by atoms with Crippen molar-refractivity contribution in [1.29, 1.82) is 0 Å². The van der Waals surface area contributed by atoms with E-state index in [4.69, 9.17) is 16.7 Å². The van der Waals surface area contributed by atoms with Crippen LogP contribution in [0.15, 0.2) is 23.2 Å². The summed E-state index contributed by atoms with van der Waals surface area (Å²) in [5.74, 6) is -3.51.